The summed E-state index contributed by atoms with van der Waals surface area (Å²) in [6.45, 7) is 7.70. The summed E-state index contributed by atoms with van der Waals surface area (Å²) >= 11 is 0. The molecule has 0 bridgehead atoms. The van der Waals surface area contributed by atoms with Crippen molar-refractivity contribution in [3.05, 3.63) is 0 Å². The van der Waals surface area contributed by atoms with Crippen LogP contribution in [0, 0.1) is 11.8 Å². The molecule has 0 aliphatic carbocycles. The quantitative estimate of drug-likeness (QED) is 0.797. The maximum absolute atomic E-state index is 11.6. The number of carboxylic acids is 1. The molecule has 0 aromatic heterocycles. The number of aliphatic carboxylic acids is 1. The Balaban J connectivity index is 2.65. The van der Waals surface area contributed by atoms with E-state index < -0.39 is 15.8 Å². The molecule has 0 saturated carbocycles. The van der Waals surface area contributed by atoms with E-state index in [-0.39, 0.29) is 24.0 Å². The summed E-state index contributed by atoms with van der Waals surface area (Å²) in [7, 11) is -3.07. The Bertz CT molecular complexity index is 405. The Hall–Kier alpha value is -0.620. The molecule has 1 aliphatic rings. The highest BCUT2D eigenvalue weighted by Crippen LogP contribution is 2.19. The van der Waals surface area contributed by atoms with Gasteiger partial charge in [0, 0.05) is 19.1 Å². The fourth-order valence-electron chi connectivity index (χ4n) is 2.83. The number of hydrogen-bond acceptors (Lipinski definition) is 4. The Morgan fingerprint density at radius 1 is 1.37 bits per heavy atom. The summed E-state index contributed by atoms with van der Waals surface area (Å²) in [6.07, 6.45) is 0.983. The molecule has 1 fully saturated rings. The SMILES string of the molecule is CC(C)CC(C)CN1CCS(=O)(=O)CC1CC(=O)O. The van der Waals surface area contributed by atoms with Gasteiger partial charge in [0.05, 0.1) is 17.9 Å². The molecule has 2 unspecified atom stereocenters. The second kappa shape index (κ2) is 6.70. The molecule has 0 aromatic rings. The molecule has 0 aromatic carbocycles. The van der Waals surface area contributed by atoms with E-state index in [1.54, 1.807) is 0 Å². The topological polar surface area (TPSA) is 74.7 Å². The van der Waals surface area contributed by atoms with Crippen molar-refractivity contribution in [1.29, 1.82) is 0 Å². The van der Waals surface area contributed by atoms with Crippen LogP contribution in [0.25, 0.3) is 0 Å². The number of nitrogens with zero attached hydrogens (tertiary/aromatic N) is 1. The molecular formula is C13H25NO4S. The zero-order chi connectivity index (χ0) is 14.6. The standard InChI is InChI=1S/C13H25NO4S/c1-10(2)6-11(3)8-14-4-5-19(17,18)9-12(14)7-13(15)16/h10-12H,4-9H2,1-3H3,(H,15,16). The summed E-state index contributed by atoms with van der Waals surface area (Å²) in [5.74, 6) is 0.257. The molecule has 0 amide bonds. The van der Waals surface area contributed by atoms with E-state index in [0.717, 1.165) is 13.0 Å². The van der Waals surface area contributed by atoms with Gasteiger partial charge in [0.1, 0.15) is 0 Å². The molecule has 0 radical (unpaired) electrons. The molecule has 0 spiro atoms. The van der Waals surface area contributed by atoms with Crippen LogP contribution in [0.2, 0.25) is 0 Å². The van der Waals surface area contributed by atoms with Crippen LogP contribution in [-0.4, -0.2) is 55.0 Å². The fourth-order valence-corrected chi connectivity index (χ4v) is 4.42. The maximum Gasteiger partial charge on any atom is 0.304 e. The number of sulfone groups is 1. The monoisotopic (exact) mass is 291 g/mol. The highest BCUT2D eigenvalue weighted by molar-refractivity contribution is 7.91. The Morgan fingerprint density at radius 3 is 2.53 bits per heavy atom. The smallest absolute Gasteiger partial charge is 0.304 e. The third-order valence-corrected chi connectivity index (χ3v) is 5.18. The second-order valence-electron chi connectivity index (χ2n) is 6.10. The van der Waals surface area contributed by atoms with E-state index in [1.807, 2.05) is 4.90 Å². The van der Waals surface area contributed by atoms with Gasteiger partial charge < -0.3 is 5.11 Å². The van der Waals surface area contributed by atoms with Crippen molar-refractivity contribution in [3.8, 4) is 0 Å². The van der Waals surface area contributed by atoms with Crippen molar-refractivity contribution in [2.75, 3.05) is 24.6 Å². The van der Waals surface area contributed by atoms with Gasteiger partial charge in [0.2, 0.25) is 0 Å². The minimum Gasteiger partial charge on any atom is -0.481 e. The van der Waals surface area contributed by atoms with Crippen LogP contribution in [0.5, 0.6) is 0 Å². The van der Waals surface area contributed by atoms with Crippen LogP contribution >= 0.6 is 0 Å². The van der Waals surface area contributed by atoms with Crippen molar-refractivity contribution in [2.45, 2.75) is 39.7 Å². The van der Waals surface area contributed by atoms with Crippen LogP contribution in [-0.2, 0) is 14.6 Å². The first-order valence-electron chi connectivity index (χ1n) is 6.86. The van der Waals surface area contributed by atoms with Gasteiger partial charge in [0.25, 0.3) is 0 Å². The molecule has 1 N–H and O–H groups in total. The van der Waals surface area contributed by atoms with Crippen molar-refractivity contribution in [3.63, 3.8) is 0 Å². The Kier molecular flexibility index (Phi) is 5.80. The first-order chi connectivity index (χ1) is 8.69. The first kappa shape index (κ1) is 16.4. The molecule has 1 rings (SSSR count). The summed E-state index contributed by atoms with van der Waals surface area (Å²) < 4.78 is 23.3. The number of carboxylic acid groups (broad SMARTS) is 1. The number of carbonyl (C=O) groups is 1. The van der Waals surface area contributed by atoms with Gasteiger partial charge in [-0.15, -0.1) is 0 Å². The lowest BCUT2D eigenvalue weighted by atomic mass is 9.97. The van der Waals surface area contributed by atoms with Gasteiger partial charge >= 0.3 is 5.97 Å². The molecule has 1 saturated heterocycles. The zero-order valence-corrected chi connectivity index (χ0v) is 12.8. The fraction of sp³-hybridized carbons (Fsp3) is 0.923. The highest BCUT2D eigenvalue weighted by atomic mass is 32.2. The Labute approximate surface area is 115 Å². The maximum atomic E-state index is 11.6. The molecular weight excluding hydrogens is 266 g/mol. The lowest BCUT2D eigenvalue weighted by molar-refractivity contribution is -0.138. The van der Waals surface area contributed by atoms with Gasteiger partial charge in [-0.25, -0.2) is 8.42 Å². The molecule has 112 valence electrons. The van der Waals surface area contributed by atoms with E-state index in [0.29, 0.717) is 18.4 Å². The zero-order valence-electron chi connectivity index (χ0n) is 12.0. The Morgan fingerprint density at radius 2 is 2.00 bits per heavy atom. The lowest BCUT2D eigenvalue weighted by Gasteiger charge is -2.36. The van der Waals surface area contributed by atoms with Crippen molar-refractivity contribution < 1.29 is 18.3 Å². The third kappa shape index (κ3) is 5.91. The van der Waals surface area contributed by atoms with Crippen molar-refractivity contribution >= 4 is 15.8 Å². The number of hydrogen-bond donors (Lipinski definition) is 1. The van der Waals surface area contributed by atoms with E-state index in [4.69, 9.17) is 5.11 Å². The minimum atomic E-state index is -3.07. The van der Waals surface area contributed by atoms with Crippen LogP contribution in [0.1, 0.15) is 33.6 Å². The molecule has 19 heavy (non-hydrogen) atoms. The highest BCUT2D eigenvalue weighted by Gasteiger charge is 2.33. The van der Waals surface area contributed by atoms with Crippen LogP contribution < -0.4 is 0 Å². The van der Waals surface area contributed by atoms with Gasteiger partial charge in [-0.2, -0.15) is 0 Å². The first-order valence-corrected chi connectivity index (χ1v) is 8.68. The largest absolute Gasteiger partial charge is 0.481 e. The van der Waals surface area contributed by atoms with E-state index in [2.05, 4.69) is 20.8 Å². The average Bonchev–Trinajstić information content (AvgIpc) is 2.19. The van der Waals surface area contributed by atoms with Crippen molar-refractivity contribution in [2.24, 2.45) is 11.8 Å². The van der Waals surface area contributed by atoms with Gasteiger partial charge in [-0.1, -0.05) is 20.8 Å². The predicted octanol–water partition coefficient (Wildman–Crippen LogP) is 1.24. The lowest BCUT2D eigenvalue weighted by Crippen LogP contribution is -2.50. The van der Waals surface area contributed by atoms with Crippen LogP contribution in [0.15, 0.2) is 0 Å². The summed E-state index contributed by atoms with van der Waals surface area (Å²) in [5.41, 5.74) is 0. The molecule has 5 nitrogen and oxygen atoms in total. The van der Waals surface area contributed by atoms with E-state index in [1.165, 1.54) is 0 Å². The third-order valence-electron chi connectivity index (χ3n) is 3.48. The van der Waals surface area contributed by atoms with Crippen LogP contribution in [0.3, 0.4) is 0 Å². The van der Waals surface area contributed by atoms with Crippen LogP contribution in [0.4, 0.5) is 0 Å². The summed E-state index contributed by atoms with van der Waals surface area (Å²) in [5, 5.41) is 8.91. The molecule has 2 atom stereocenters. The normalized spacial score (nSPS) is 25.4. The summed E-state index contributed by atoms with van der Waals surface area (Å²) in [4.78, 5) is 12.9. The minimum absolute atomic E-state index is 0.0201. The average molecular weight is 291 g/mol. The second-order valence-corrected chi connectivity index (χ2v) is 8.32. The number of rotatable bonds is 6. The van der Waals surface area contributed by atoms with E-state index >= 15 is 0 Å². The van der Waals surface area contributed by atoms with Gasteiger partial charge in [-0.05, 0) is 18.3 Å². The van der Waals surface area contributed by atoms with E-state index in [9.17, 15) is 13.2 Å². The predicted molar refractivity (Wildman–Crippen MR) is 74.9 cm³/mol. The van der Waals surface area contributed by atoms with Gasteiger partial charge in [-0.3, -0.25) is 9.69 Å². The van der Waals surface area contributed by atoms with Crippen molar-refractivity contribution in [1.82, 2.24) is 4.90 Å². The molecule has 1 heterocycles. The summed E-state index contributed by atoms with van der Waals surface area (Å²) in [6, 6.07) is -0.370. The van der Waals surface area contributed by atoms with Gasteiger partial charge in [0.15, 0.2) is 9.84 Å². The molecule has 1 aliphatic heterocycles. The molecule has 6 heteroatoms.